The molecule has 0 unspecified atom stereocenters. The molecule has 0 spiro atoms. The quantitative estimate of drug-likeness (QED) is 0.743. The fraction of sp³-hybridized carbons (Fsp3) is 0.458. The molecule has 166 valence electrons. The van der Waals surface area contributed by atoms with Gasteiger partial charge in [0.2, 0.25) is 15.9 Å². The molecule has 2 aromatic rings. The van der Waals surface area contributed by atoms with Gasteiger partial charge in [0, 0.05) is 19.0 Å². The summed E-state index contributed by atoms with van der Waals surface area (Å²) in [5, 5.41) is 3.13. The van der Waals surface area contributed by atoms with E-state index in [2.05, 4.69) is 23.5 Å². The number of benzene rings is 2. The molecule has 1 N–H and O–H groups in total. The molecule has 1 amide bonds. The number of nitrogens with zero attached hydrogens (tertiary/aromatic N) is 1. The predicted molar refractivity (Wildman–Crippen MR) is 120 cm³/mol. The first-order valence-corrected chi connectivity index (χ1v) is 12.4. The molecule has 2 aromatic carbocycles. The number of hydrogen-bond acceptors (Lipinski definition) is 4. The first-order valence-electron chi connectivity index (χ1n) is 10.9. The van der Waals surface area contributed by atoms with Gasteiger partial charge in [0.1, 0.15) is 5.75 Å². The second-order valence-corrected chi connectivity index (χ2v) is 10.4. The number of rotatable bonds is 6. The SMILES string of the molecule is COc1ccc(S(=O)(=O)N2CCC(C(=O)N[C@@H](C)c3ccc4c(c3)CCC4)CC2)cc1. The van der Waals surface area contributed by atoms with E-state index < -0.39 is 10.0 Å². The Morgan fingerprint density at radius 1 is 1.06 bits per heavy atom. The topological polar surface area (TPSA) is 75.7 Å². The highest BCUT2D eigenvalue weighted by molar-refractivity contribution is 7.89. The van der Waals surface area contributed by atoms with Crippen molar-refractivity contribution < 1.29 is 17.9 Å². The Hall–Kier alpha value is -2.38. The van der Waals surface area contributed by atoms with Crippen LogP contribution in [-0.2, 0) is 27.7 Å². The molecule has 1 heterocycles. The van der Waals surface area contributed by atoms with Gasteiger partial charge in [-0.3, -0.25) is 4.79 Å². The molecule has 1 fully saturated rings. The second kappa shape index (κ2) is 9.01. The Kier molecular flexibility index (Phi) is 6.34. The number of nitrogens with one attached hydrogen (secondary N) is 1. The van der Waals surface area contributed by atoms with Crippen molar-refractivity contribution in [3.8, 4) is 5.75 Å². The van der Waals surface area contributed by atoms with Crippen molar-refractivity contribution in [3.63, 3.8) is 0 Å². The summed E-state index contributed by atoms with van der Waals surface area (Å²) in [6, 6.07) is 12.9. The normalized spacial score (nSPS) is 18.4. The fourth-order valence-electron chi connectivity index (χ4n) is 4.53. The third-order valence-corrected chi connectivity index (χ3v) is 8.42. The van der Waals surface area contributed by atoms with Crippen molar-refractivity contribution in [2.45, 2.75) is 50.0 Å². The van der Waals surface area contributed by atoms with E-state index in [1.807, 2.05) is 6.92 Å². The lowest BCUT2D eigenvalue weighted by Crippen LogP contribution is -2.43. The van der Waals surface area contributed by atoms with Crippen LogP contribution < -0.4 is 10.1 Å². The average molecular weight is 443 g/mol. The number of aryl methyl sites for hydroxylation is 2. The lowest BCUT2D eigenvalue weighted by molar-refractivity contribution is -0.126. The van der Waals surface area contributed by atoms with Crippen molar-refractivity contribution in [3.05, 3.63) is 59.2 Å². The number of amides is 1. The molecule has 1 aliphatic carbocycles. The smallest absolute Gasteiger partial charge is 0.243 e. The van der Waals surface area contributed by atoms with Crippen LogP contribution in [0.2, 0.25) is 0 Å². The summed E-state index contributed by atoms with van der Waals surface area (Å²) in [6.45, 7) is 2.71. The molecule has 0 bridgehead atoms. The number of carbonyl (C=O) groups is 1. The summed E-state index contributed by atoms with van der Waals surface area (Å²) in [6.07, 6.45) is 4.52. The fourth-order valence-corrected chi connectivity index (χ4v) is 6.00. The Labute approximate surface area is 184 Å². The summed E-state index contributed by atoms with van der Waals surface area (Å²) in [5.41, 5.74) is 3.96. The summed E-state index contributed by atoms with van der Waals surface area (Å²) in [5.74, 6) is 0.459. The minimum absolute atomic E-state index is 0.00879. The zero-order chi connectivity index (χ0) is 22.0. The van der Waals surface area contributed by atoms with Gasteiger partial charge < -0.3 is 10.1 Å². The van der Waals surface area contributed by atoms with Crippen LogP contribution in [0.5, 0.6) is 5.75 Å². The van der Waals surface area contributed by atoms with Crippen molar-refractivity contribution in [2.75, 3.05) is 20.2 Å². The van der Waals surface area contributed by atoms with E-state index >= 15 is 0 Å². The highest BCUT2D eigenvalue weighted by Gasteiger charge is 2.32. The van der Waals surface area contributed by atoms with Gasteiger partial charge >= 0.3 is 0 Å². The maximum absolute atomic E-state index is 12.9. The lowest BCUT2D eigenvalue weighted by Gasteiger charge is -2.31. The van der Waals surface area contributed by atoms with Crippen LogP contribution in [0.1, 0.15) is 48.9 Å². The number of hydrogen-bond donors (Lipinski definition) is 1. The Morgan fingerprint density at radius 2 is 1.74 bits per heavy atom. The van der Waals surface area contributed by atoms with Crippen LogP contribution in [0.15, 0.2) is 47.4 Å². The van der Waals surface area contributed by atoms with E-state index in [1.54, 1.807) is 31.4 Å². The van der Waals surface area contributed by atoms with Gasteiger partial charge in [-0.2, -0.15) is 4.31 Å². The van der Waals surface area contributed by atoms with E-state index in [-0.39, 0.29) is 22.8 Å². The molecule has 0 radical (unpaired) electrons. The number of ether oxygens (including phenoxy) is 1. The summed E-state index contributed by atoms with van der Waals surface area (Å²) < 4.78 is 32.4. The summed E-state index contributed by atoms with van der Waals surface area (Å²) in [4.78, 5) is 13.1. The van der Waals surface area contributed by atoms with E-state index in [0.717, 1.165) is 18.4 Å². The second-order valence-electron chi connectivity index (χ2n) is 8.47. The first kappa shape index (κ1) is 21.8. The lowest BCUT2D eigenvalue weighted by atomic mass is 9.96. The van der Waals surface area contributed by atoms with Crippen molar-refractivity contribution in [1.82, 2.24) is 9.62 Å². The Bertz CT molecular complexity index is 1040. The summed E-state index contributed by atoms with van der Waals surface area (Å²) in [7, 11) is -2.02. The highest BCUT2D eigenvalue weighted by atomic mass is 32.2. The molecule has 31 heavy (non-hydrogen) atoms. The average Bonchev–Trinajstić information content (AvgIpc) is 3.27. The van der Waals surface area contributed by atoms with Crippen LogP contribution in [0.25, 0.3) is 0 Å². The van der Waals surface area contributed by atoms with Crippen molar-refractivity contribution in [2.24, 2.45) is 5.92 Å². The molecule has 1 atom stereocenters. The Balaban J connectivity index is 1.34. The minimum Gasteiger partial charge on any atom is -0.497 e. The van der Waals surface area contributed by atoms with Crippen molar-refractivity contribution in [1.29, 1.82) is 0 Å². The standard InChI is InChI=1S/C24H30N2O4S/c1-17(20-7-6-18-4-3-5-21(18)16-20)25-24(27)19-12-14-26(15-13-19)31(28,29)23-10-8-22(30-2)9-11-23/h6-11,16-17,19H,3-5,12-15H2,1-2H3,(H,25,27)/t17-/m0/s1. The number of carbonyl (C=O) groups excluding carboxylic acids is 1. The number of methoxy groups -OCH3 is 1. The zero-order valence-electron chi connectivity index (χ0n) is 18.1. The minimum atomic E-state index is -3.56. The van der Waals surface area contributed by atoms with Gasteiger partial charge in [-0.25, -0.2) is 8.42 Å². The molecule has 0 aromatic heterocycles. The van der Waals surface area contributed by atoms with Gasteiger partial charge in [0.05, 0.1) is 18.0 Å². The van der Waals surface area contributed by atoms with Gasteiger partial charge in [-0.1, -0.05) is 18.2 Å². The van der Waals surface area contributed by atoms with Crippen LogP contribution in [-0.4, -0.2) is 38.8 Å². The predicted octanol–water partition coefficient (Wildman–Crippen LogP) is 3.46. The van der Waals surface area contributed by atoms with Crippen LogP contribution >= 0.6 is 0 Å². The summed E-state index contributed by atoms with van der Waals surface area (Å²) >= 11 is 0. The van der Waals surface area contributed by atoms with Gasteiger partial charge in [0.15, 0.2) is 0 Å². The maximum atomic E-state index is 12.9. The Morgan fingerprint density at radius 3 is 2.42 bits per heavy atom. The highest BCUT2D eigenvalue weighted by Crippen LogP contribution is 2.28. The monoisotopic (exact) mass is 442 g/mol. The van der Waals surface area contributed by atoms with Gasteiger partial charge in [-0.15, -0.1) is 0 Å². The van der Waals surface area contributed by atoms with Crippen molar-refractivity contribution >= 4 is 15.9 Å². The third kappa shape index (κ3) is 4.62. The van der Waals surface area contributed by atoms with E-state index in [9.17, 15) is 13.2 Å². The largest absolute Gasteiger partial charge is 0.497 e. The molecule has 7 heteroatoms. The van der Waals surface area contributed by atoms with Crippen LogP contribution in [0, 0.1) is 5.92 Å². The molecule has 4 rings (SSSR count). The first-order chi connectivity index (χ1) is 14.9. The number of piperidine rings is 1. The van der Waals surface area contributed by atoms with Gasteiger partial charge in [0.25, 0.3) is 0 Å². The van der Waals surface area contributed by atoms with Crippen LogP contribution in [0.4, 0.5) is 0 Å². The molecule has 1 aliphatic heterocycles. The molecule has 2 aliphatic rings. The van der Waals surface area contributed by atoms with Gasteiger partial charge in [-0.05, 0) is 80.0 Å². The molecule has 0 saturated carbocycles. The van der Waals surface area contributed by atoms with Crippen LogP contribution in [0.3, 0.4) is 0 Å². The number of sulfonamides is 1. The van der Waals surface area contributed by atoms with E-state index in [0.29, 0.717) is 31.7 Å². The molecular weight excluding hydrogens is 412 g/mol. The molecule has 6 nitrogen and oxygen atoms in total. The molecular formula is C24H30N2O4S. The molecule has 1 saturated heterocycles. The third-order valence-electron chi connectivity index (χ3n) is 6.50. The maximum Gasteiger partial charge on any atom is 0.243 e. The zero-order valence-corrected chi connectivity index (χ0v) is 19.0. The van der Waals surface area contributed by atoms with E-state index in [4.69, 9.17) is 4.74 Å². The van der Waals surface area contributed by atoms with E-state index in [1.165, 1.54) is 21.9 Å². The number of fused-ring (bicyclic) bond motifs is 1.